The van der Waals surface area contributed by atoms with E-state index in [9.17, 15) is 0 Å². The van der Waals surface area contributed by atoms with Crippen LogP contribution in [0.5, 0.6) is 0 Å². The average molecular weight is 291 g/mol. The van der Waals surface area contributed by atoms with E-state index in [1.54, 1.807) is 0 Å². The topological polar surface area (TPSA) is 12.5 Å². The van der Waals surface area contributed by atoms with E-state index in [0.717, 1.165) is 13.0 Å². The summed E-state index contributed by atoms with van der Waals surface area (Å²) in [5.41, 5.74) is 4.07. The van der Waals surface area contributed by atoms with Gasteiger partial charge >= 0.3 is 0 Å². The number of fused-ring (bicyclic) bond motifs is 1. The zero-order chi connectivity index (χ0) is 14.8. The van der Waals surface area contributed by atoms with Crippen molar-refractivity contribution in [3.8, 4) is 0 Å². The average Bonchev–Trinajstić information content (AvgIpc) is 2.94. The van der Waals surface area contributed by atoms with Crippen molar-refractivity contribution in [1.82, 2.24) is 5.06 Å². The molecule has 1 fully saturated rings. The summed E-state index contributed by atoms with van der Waals surface area (Å²) in [7, 11) is 0. The second-order valence-electron chi connectivity index (χ2n) is 6.10. The minimum Gasteiger partial charge on any atom is -0.290 e. The Morgan fingerprint density at radius 2 is 1.68 bits per heavy atom. The first-order valence-electron chi connectivity index (χ1n) is 8.14. The molecule has 4 rings (SSSR count). The molecule has 112 valence electrons. The predicted octanol–water partition coefficient (Wildman–Crippen LogP) is 4.65. The molecular formula is C20H21NO. The summed E-state index contributed by atoms with van der Waals surface area (Å²) >= 11 is 0. The highest BCUT2D eigenvalue weighted by Crippen LogP contribution is 2.43. The van der Waals surface area contributed by atoms with E-state index in [0.29, 0.717) is 0 Å². The van der Waals surface area contributed by atoms with Gasteiger partial charge in [0.05, 0.1) is 12.6 Å². The van der Waals surface area contributed by atoms with Crippen molar-refractivity contribution in [3.05, 3.63) is 83.4 Å². The van der Waals surface area contributed by atoms with Crippen LogP contribution in [-0.4, -0.2) is 11.2 Å². The third-order valence-corrected chi connectivity index (χ3v) is 4.59. The van der Waals surface area contributed by atoms with E-state index >= 15 is 0 Å². The molecule has 1 saturated heterocycles. The maximum absolute atomic E-state index is 6.30. The van der Waals surface area contributed by atoms with Gasteiger partial charge in [-0.2, -0.15) is 5.06 Å². The lowest BCUT2D eigenvalue weighted by Gasteiger charge is -2.23. The first kappa shape index (κ1) is 13.7. The van der Waals surface area contributed by atoms with Crippen molar-refractivity contribution in [1.29, 1.82) is 0 Å². The van der Waals surface area contributed by atoms with E-state index in [-0.39, 0.29) is 12.1 Å². The van der Waals surface area contributed by atoms with Gasteiger partial charge in [0, 0.05) is 0 Å². The van der Waals surface area contributed by atoms with E-state index in [1.807, 2.05) is 0 Å². The summed E-state index contributed by atoms with van der Waals surface area (Å²) in [4.78, 5) is 6.30. The molecule has 2 nitrogen and oxygen atoms in total. The van der Waals surface area contributed by atoms with Crippen LogP contribution in [0.25, 0.3) is 0 Å². The van der Waals surface area contributed by atoms with Gasteiger partial charge in [0.25, 0.3) is 0 Å². The quantitative estimate of drug-likeness (QED) is 0.763. The molecule has 2 aliphatic rings. The molecule has 0 unspecified atom stereocenters. The van der Waals surface area contributed by atoms with Crippen molar-refractivity contribution in [3.63, 3.8) is 0 Å². The molecule has 0 radical (unpaired) electrons. The Kier molecular flexibility index (Phi) is 3.79. The van der Waals surface area contributed by atoms with Gasteiger partial charge in [0.2, 0.25) is 0 Å². The van der Waals surface area contributed by atoms with Gasteiger partial charge in [-0.05, 0) is 36.0 Å². The first-order chi connectivity index (χ1) is 10.9. The molecule has 2 heteroatoms. The molecule has 2 aromatic carbocycles. The lowest BCUT2D eigenvalue weighted by Crippen LogP contribution is -2.22. The molecule has 2 aromatic rings. The van der Waals surface area contributed by atoms with Crippen molar-refractivity contribution in [2.24, 2.45) is 0 Å². The zero-order valence-corrected chi connectivity index (χ0v) is 12.7. The molecule has 0 N–H and O–H groups in total. The van der Waals surface area contributed by atoms with Crippen LogP contribution in [0.15, 0.2) is 72.3 Å². The van der Waals surface area contributed by atoms with Crippen LogP contribution in [-0.2, 0) is 11.4 Å². The monoisotopic (exact) mass is 291 g/mol. The summed E-state index contributed by atoms with van der Waals surface area (Å²) in [6.45, 7) is 0.828. The van der Waals surface area contributed by atoms with Crippen LogP contribution in [0.4, 0.5) is 0 Å². The van der Waals surface area contributed by atoms with Crippen molar-refractivity contribution >= 4 is 0 Å². The predicted molar refractivity (Wildman–Crippen MR) is 88.0 cm³/mol. The Balaban J connectivity index is 1.67. The number of nitrogens with zero attached hydrogens (tertiary/aromatic N) is 1. The van der Waals surface area contributed by atoms with Crippen LogP contribution in [0.1, 0.15) is 36.4 Å². The van der Waals surface area contributed by atoms with Crippen molar-refractivity contribution in [2.75, 3.05) is 0 Å². The fraction of sp³-hybridized carbons (Fsp3) is 0.300. The third-order valence-electron chi connectivity index (χ3n) is 4.59. The summed E-state index contributed by atoms with van der Waals surface area (Å²) < 4.78 is 0. The van der Waals surface area contributed by atoms with Gasteiger partial charge in [-0.3, -0.25) is 4.84 Å². The smallest absolute Gasteiger partial charge is 0.102 e. The number of hydrogen-bond acceptors (Lipinski definition) is 2. The lowest BCUT2D eigenvalue weighted by atomic mass is 9.88. The SMILES string of the molecule is C1=C2[C@H](CCC1)ON(Cc1ccccc1)[C@H]2c1ccccc1. The van der Waals surface area contributed by atoms with Crippen molar-refractivity contribution < 1.29 is 4.84 Å². The minimum atomic E-state index is 0.256. The van der Waals surface area contributed by atoms with Gasteiger partial charge in [0.1, 0.15) is 6.10 Å². The number of hydrogen-bond donors (Lipinski definition) is 0. The van der Waals surface area contributed by atoms with E-state index in [2.05, 4.69) is 71.8 Å². The molecule has 1 heterocycles. The van der Waals surface area contributed by atoms with Crippen LogP contribution in [0.2, 0.25) is 0 Å². The Labute approximate surface area is 132 Å². The highest BCUT2D eigenvalue weighted by atomic mass is 16.7. The molecule has 0 bridgehead atoms. The number of hydroxylamine groups is 2. The van der Waals surface area contributed by atoms with Crippen molar-refractivity contribution in [2.45, 2.75) is 38.0 Å². The summed E-state index contributed by atoms with van der Waals surface area (Å²) in [5, 5.41) is 2.17. The van der Waals surface area contributed by atoms with E-state index in [1.165, 1.54) is 29.5 Å². The molecule has 22 heavy (non-hydrogen) atoms. The normalized spacial score (nSPS) is 24.8. The van der Waals surface area contributed by atoms with Gasteiger partial charge < -0.3 is 0 Å². The Morgan fingerprint density at radius 3 is 2.45 bits per heavy atom. The summed E-state index contributed by atoms with van der Waals surface area (Å²) in [5.74, 6) is 0. The maximum Gasteiger partial charge on any atom is 0.102 e. The van der Waals surface area contributed by atoms with Gasteiger partial charge in [-0.25, -0.2) is 0 Å². The van der Waals surface area contributed by atoms with E-state index < -0.39 is 0 Å². The standard InChI is InChI=1S/C20H21NO/c1-3-9-16(10-4-1)15-21-20(17-11-5-2-6-12-17)18-13-7-8-14-19(18)22-21/h1-6,9-13,19-20H,7-8,14-15H2/t19-,20-/m0/s1. The molecule has 0 aromatic heterocycles. The number of benzene rings is 2. The Bertz CT molecular complexity index is 650. The van der Waals surface area contributed by atoms with Gasteiger partial charge in [-0.15, -0.1) is 0 Å². The largest absolute Gasteiger partial charge is 0.290 e. The highest BCUT2D eigenvalue weighted by Gasteiger charge is 2.39. The van der Waals surface area contributed by atoms with Crippen LogP contribution >= 0.6 is 0 Å². The first-order valence-corrected chi connectivity index (χ1v) is 8.14. The summed E-state index contributed by atoms with van der Waals surface area (Å²) in [6.07, 6.45) is 6.21. The molecule has 0 spiro atoms. The Hall–Kier alpha value is -1.90. The molecule has 1 aliphatic heterocycles. The molecule has 0 saturated carbocycles. The molecule has 2 atom stereocenters. The molecule has 1 aliphatic carbocycles. The molecule has 0 amide bonds. The number of rotatable bonds is 3. The van der Waals surface area contributed by atoms with Gasteiger partial charge in [-0.1, -0.05) is 66.7 Å². The highest BCUT2D eigenvalue weighted by molar-refractivity contribution is 5.33. The molecular weight excluding hydrogens is 270 g/mol. The number of allylic oxidation sites excluding steroid dienone is 1. The van der Waals surface area contributed by atoms with Crippen LogP contribution in [0, 0.1) is 0 Å². The second-order valence-corrected chi connectivity index (χ2v) is 6.10. The Morgan fingerprint density at radius 1 is 0.955 bits per heavy atom. The minimum absolute atomic E-state index is 0.256. The zero-order valence-electron chi connectivity index (χ0n) is 12.7. The van der Waals surface area contributed by atoms with Crippen LogP contribution in [0.3, 0.4) is 0 Å². The third kappa shape index (κ3) is 2.60. The fourth-order valence-corrected chi connectivity index (χ4v) is 3.55. The fourth-order valence-electron chi connectivity index (χ4n) is 3.55. The van der Waals surface area contributed by atoms with Gasteiger partial charge in [0.15, 0.2) is 0 Å². The van der Waals surface area contributed by atoms with Crippen LogP contribution < -0.4 is 0 Å². The van der Waals surface area contributed by atoms with E-state index in [4.69, 9.17) is 4.84 Å². The summed E-state index contributed by atoms with van der Waals surface area (Å²) in [6, 6.07) is 21.6. The maximum atomic E-state index is 6.30. The lowest BCUT2D eigenvalue weighted by molar-refractivity contribution is -0.171. The second kappa shape index (κ2) is 6.07.